The molecule has 33 heavy (non-hydrogen) atoms. The Labute approximate surface area is 202 Å². The van der Waals surface area contributed by atoms with Gasteiger partial charge in [0.25, 0.3) is 0 Å². The number of aliphatic hydroxyl groups is 1. The van der Waals surface area contributed by atoms with Crippen molar-refractivity contribution in [1.29, 1.82) is 0 Å². The zero-order valence-electron chi connectivity index (χ0n) is 17.2. The summed E-state index contributed by atoms with van der Waals surface area (Å²) in [5.74, 6) is -0.543. The molecule has 3 aromatic rings. The summed E-state index contributed by atoms with van der Waals surface area (Å²) in [6.45, 7) is 0.127. The summed E-state index contributed by atoms with van der Waals surface area (Å²) >= 11 is 13.3. The third-order valence-corrected chi connectivity index (χ3v) is 7.25. The Bertz CT molecular complexity index is 1150. The van der Waals surface area contributed by atoms with Gasteiger partial charge in [0.05, 0.1) is 22.8 Å². The van der Waals surface area contributed by atoms with Crippen molar-refractivity contribution in [3.63, 3.8) is 0 Å². The van der Waals surface area contributed by atoms with Crippen molar-refractivity contribution in [3.05, 3.63) is 58.7 Å². The summed E-state index contributed by atoms with van der Waals surface area (Å²) in [6, 6.07) is 5.75. The van der Waals surface area contributed by atoms with Gasteiger partial charge in [-0.1, -0.05) is 46.2 Å². The average molecular weight is 513 g/mol. The first kappa shape index (κ1) is 23.0. The van der Waals surface area contributed by atoms with E-state index in [1.807, 2.05) is 0 Å². The van der Waals surface area contributed by atoms with Gasteiger partial charge < -0.3 is 19.3 Å². The van der Waals surface area contributed by atoms with Crippen molar-refractivity contribution < 1.29 is 23.7 Å². The first-order valence-corrected chi connectivity index (χ1v) is 11.7. The number of nitrogens with zero attached hydrogens (tertiary/aromatic N) is 4. The molecule has 8 nitrogen and oxygen atoms in total. The van der Waals surface area contributed by atoms with Crippen LogP contribution in [-0.4, -0.2) is 68.7 Å². The first-order chi connectivity index (χ1) is 15.9. The van der Waals surface area contributed by atoms with Gasteiger partial charge in [-0.2, -0.15) is 0 Å². The molecule has 1 N–H and O–H groups in total. The smallest absolute Gasteiger partial charge is 0.142 e. The fourth-order valence-electron chi connectivity index (χ4n) is 4.11. The van der Waals surface area contributed by atoms with E-state index in [0.717, 1.165) is 4.90 Å². The Balaban J connectivity index is 1.49. The fourth-order valence-corrected chi connectivity index (χ4v) is 5.64. The lowest BCUT2D eigenvalue weighted by Crippen LogP contribution is -2.55. The molecule has 0 saturated carbocycles. The fraction of sp³-hybridized carbons (Fsp3) is 0.381. The number of ether oxygens (including phenoxy) is 3. The molecule has 0 aliphatic carbocycles. The molecule has 2 aliphatic heterocycles. The van der Waals surface area contributed by atoms with E-state index in [1.54, 1.807) is 42.5 Å². The molecule has 0 radical (unpaired) electrons. The number of halogens is 3. The van der Waals surface area contributed by atoms with Crippen molar-refractivity contribution >= 4 is 35.0 Å². The van der Waals surface area contributed by atoms with Crippen LogP contribution < -0.4 is 0 Å². The maximum absolute atomic E-state index is 14.0. The van der Waals surface area contributed by atoms with Crippen LogP contribution in [0.3, 0.4) is 0 Å². The van der Waals surface area contributed by atoms with Gasteiger partial charge in [-0.25, -0.2) is 9.07 Å². The average Bonchev–Trinajstić information content (AvgIpc) is 3.42. The molecule has 2 aliphatic rings. The van der Waals surface area contributed by atoms with Crippen LogP contribution in [0.25, 0.3) is 11.3 Å². The highest BCUT2D eigenvalue weighted by Gasteiger charge is 2.54. The summed E-state index contributed by atoms with van der Waals surface area (Å²) < 4.78 is 33.5. The van der Waals surface area contributed by atoms with Gasteiger partial charge in [0.15, 0.2) is 0 Å². The summed E-state index contributed by atoms with van der Waals surface area (Å²) in [5.41, 5.74) is 0.479. The molecule has 12 heteroatoms. The van der Waals surface area contributed by atoms with Gasteiger partial charge in [0.2, 0.25) is 0 Å². The van der Waals surface area contributed by atoms with Crippen LogP contribution in [0.1, 0.15) is 6.04 Å². The SMILES string of the molecule is COC1C(n2cc(-c3ccc(Cl)c(F)c3)nn2)[C@H]2OCC(O)C2O[C@@H]1Sc1cncc(Cl)c1. The van der Waals surface area contributed by atoms with Crippen LogP contribution in [0.4, 0.5) is 4.39 Å². The molecular formula is C21H19Cl2FN4O4S. The molecule has 6 atom stereocenters. The number of methoxy groups -OCH3 is 1. The zero-order valence-corrected chi connectivity index (χ0v) is 19.5. The topological polar surface area (TPSA) is 91.5 Å². The first-order valence-electron chi connectivity index (χ1n) is 10.1. The van der Waals surface area contributed by atoms with E-state index < -0.39 is 41.7 Å². The van der Waals surface area contributed by atoms with Crippen LogP contribution in [0.15, 0.2) is 47.8 Å². The molecule has 5 rings (SSSR count). The Kier molecular flexibility index (Phi) is 6.58. The Morgan fingerprint density at radius 3 is 2.85 bits per heavy atom. The number of fused-ring (bicyclic) bond motifs is 1. The van der Waals surface area contributed by atoms with Gasteiger partial charge >= 0.3 is 0 Å². The second-order valence-corrected chi connectivity index (χ2v) is 9.71. The van der Waals surface area contributed by atoms with Crippen LogP contribution >= 0.6 is 35.0 Å². The summed E-state index contributed by atoms with van der Waals surface area (Å²) in [4.78, 5) is 4.91. The molecule has 2 aromatic heterocycles. The normalized spacial score (nSPS) is 29.2. The second kappa shape index (κ2) is 9.46. The lowest BCUT2D eigenvalue weighted by atomic mass is 9.96. The summed E-state index contributed by atoms with van der Waals surface area (Å²) in [7, 11) is 1.57. The minimum atomic E-state index is -0.802. The molecule has 2 fully saturated rings. The molecule has 0 bridgehead atoms. The number of aliphatic hydroxyl groups excluding tert-OH is 1. The molecule has 0 spiro atoms. The van der Waals surface area contributed by atoms with Crippen LogP contribution in [0, 0.1) is 5.82 Å². The van der Waals surface area contributed by atoms with E-state index in [0.29, 0.717) is 16.3 Å². The van der Waals surface area contributed by atoms with Crippen molar-refractivity contribution in [2.45, 2.75) is 40.8 Å². The highest BCUT2D eigenvalue weighted by molar-refractivity contribution is 7.99. The molecule has 0 amide bonds. The maximum Gasteiger partial charge on any atom is 0.142 e. The van der Waals surface area contributed by atoms with Gasteiger partial charge in [-0.15, -0.1) is 5.10 Å². The maximum atomic E-state index is 14.0. The molecule has 174 valence electrons. The van der Waals surface area contributed by atoms with Gasteiger partial charge in [0, 0.05) is 30.0 Å². The highest BCUT2D eigenvalue weighted by Crippen LogP contribution is 2.43. The molecule has 1 aromatic carbocycles. The van der Waals surface area contributed by atoms with E-state index in [1.165, 1.54) is 23.9 Å². The molecule has 2 saturated heterocycles. The Hall–Kier alpha value is -1.79. The lowest BCUT2D eigenvalue weighted by Gasteiger charge is -2.43. The van der Waals surface area contributed by atoms with E-state index in [4.69, 9.17) is 37.4 Å². The number of rotatable bonds is 5. The van der Waals surface area contributed by atoms with Crippen molar-refractivity contribution in [3.8, 4) is 11.3 Å². The third-order valence-electron chi connectivity index (χ3n) is 5.63. The minimum Gasteiger partial charge on any atom is -0.388 e. The predicted octanol–water partition coefficient (Wildman–Crippen LogP) is 3.62. The standard InChI is InChI=1S/C21H19Cl2FN4O4S/c1-30-20-17(28-8-15(26-27-28)10-2-3-13(23)14(24)4-10)19-18(16(29)9-31-19)32-21(20)33-12-5-11(22)6-25-7-12/h2-8,16-21,29H,9H2,1H3/t16?,17?,18?,19-,20?,21-/m1/s1. The van der Waals surface area contributed by atoms with E-state index in [-0.39, 0.29) is 11.6 Å². The van der Waals surface area contributed by atoms with Crippen molar-refractivity contribution in [2.75, 3.05) is 13.7 Å². The molecule has 4 unspecified atom stereocenters. The van der Waals surface area contributed by atoms with Gasteiger partial charge in [0.1, 0.15) is 47.4 Å². The minimum absolute atomic E-state index is 0.0292. The van der Waals surface area contributed by atoms with E-state index >= 15 is 0 Å². The van der Waals surface area contributed by atoms with Gasteiger partial charge in [-0.3, -0.25) is 4.98 Å². The van der Waals surface area contributed by atoms with Crippen molar-refractivity contribution in [2.24, 2.45) is 0 Å². The van der Waals surface area contributed by atoms with Crippen LogP contribution in [0.5, 0.6) is 0 Å². The highest BCUT2D eigenvalue weighted by atomic mass is 35.5. The largest absolute Gasteiger partial charge is 0.388 e. The Morgan fingerprint density at radius 2 is 2.09 bits per heavy atom. The van der Waals surface area contributed by atoms with E-state index in [9.17, 15) is 9.50 Å². The van der Waals surface area contributed by atoms with Gasteiger partial charge in [-0.05, 0) is 18.2 Å². The van der Waals surface area contributed by atoms with Crippen LogP contribution in [-0.2, 0) is 14.2 Å². The number of aromatic nitrogens is 4. The number of benzene rings is 1. The second-order valence-electron chi connectivity index (χ2n) is 7.69. The summed E-state index contributed by atoms with van der Waals surface area (Å²) in [5, 5.41) is 19.5. The summed E-state index contributed by atoms with van der Waals surface area (Å²) in [6.07, 6.45) is 2.49. The number of thioether (sulfide) groups is 1. The number of pyridine rings is 1. The van der Waals surface area contributed by atoms with Crippen molar-refractivity contribution in [1.82, 2.24) is 20.0 Å². The predicted molar refractivity (Wildman–Crippen MR) is 120 cm³/mol. The quantitative estimate of drug-likeness (QED) is 0.554. The van der Waals surface area contributed by atoms with Crippen LogP contribution in [0.2, 0.25) is 10.0 Å². The number of hydrogen-bond acceptors (Lipinski definition) is 8. The molecular weight excluding hydrogens is 494 g/mol. The van der Waals surface area contributed by atoms with E-state index in [2.05, 4.69) is 15.3 Å². The lowest BCUT2D eigenvalue weighted by molar-refractivity contribution is -0.170. The third kappa shape index (κ3) is 4.49. The Morgan fingerprint density at radius 1 is 1.24 bits per heavy atom. The number of hydrogen-bond donors (Lipinski definition) is 1. The molecule has 4 heterocycles. The monoisotopic (exact) mass is 512 g/mol. The zero-order chi connectivity index (χ0) is 23.1.